The van der Waals surface area contributed by atoms with Crippen LogP contribution in [0.25, 0.3) is 10.4 Å². The predicted octanol–water partition coefficient (Wildman–Crippen LogP) is 4.37. The number of nitriles is 1. The van der Waals surface area contributed by atoms with E-state index in [0.29, 0.717) is 23.4 Å². The first-order valence-electron chi connectivity index (χ1n) is 10.2. The van der Waals surface area contributed by atoms with Crippen molar-refractivity contribution in [2.24, 2.45) is 16.9 Å². The van der Waals surface area contributed by atoms with Crippen LogP contribution in [0, 0.1) is 37.0 Å². The van der Waals surface area contributed by atoms with Gasteiger partial charge in [-0.1, -0.05) is 53.8 Å². The minimum absolute atomic E-state index is 0.151. The van der Waals surface area contributed by atoms with Gasteiger partial charge in [-0.15, -0.1) is 5.10 Å². The summed E-state index contributed by atoms with van der Waals surface area (Å²) in [6.07, 6.45) is 9.13. The van der Waals surface area contributed by atoms with Crippen molar-refractivity contribution in [1.82, 2.24) is 9.24 Å². The van der Waals surface area contributed by atoms with Gasteiger partial charge in [-0.3, -0.25) is 4.79 Å². The van der Waals surface area contributed by atoms with Crippen LogP contribution in [-0.4, -0.2) is 9.24 Å². The standard InChI is InChI=1S/C24H22N4OS/c1-15-10-16(2)28(23(29)20(15)13-25)26-24-27(21-12-17-8-9-19(21)11-17)14-22(30-24)18-6-4-3-5-7-18/h3-10,14,17,19,21H,11-12H2,1-2H3. The van der Waals surface area contributed by atoms with Gasteiger partial charge in [-0.2, -0.15) is 9.94 Å². The number of allylic oxidation sites excluding steroid dienone is 2. The van der Waals surface area contributed by atoms with E-state index < -0.39 is 0 Å². The number of benzene rings is 1. The van der Waals surface area contributed by atoms with Crippen LogP contribution < -0.4 is 10.4 Å². The summed E-state index contributed by atoms with van der Waals surface area (Å²) in [5.74, 6) is 1.15. The van der Waals surface area contributed by atoms with Gasteiger partial charge in [0.2, 0.25) is 4.80 Å². The molecule has 2 bridgehead atoms. The molecule has 0 spiro atoms. The predicted molar refractivity (Wildman–Crippen MR) is 118 cm³/mol. The first-order valence-corrected chi connectivity index (χ1v) is 11.0. The lowest BCUT2D eigenvalue weighted by atomic mass is 10.0. The highest BCUT2D eigenvalue weighted by molar-refractivity contribution is 7.12. The quantitative estimate of drug-likeness (QED) is 0.598. The van der Waals surface area contributed by atoms with Gasteiger partial charge in [-0.05, 0) is 55.7 Å². The molecule has 2 aromatic heterocycles. The number of aromatic nitrogens is 2. The van der Waals surface area contributed by atoms with Gasteiger partial charge < -0.3 is 4.57 Å². The van der Waals surface area contributed by atoms with Gasteiger partial charge in [0.05, 0.1) is 4.88 Å². The number of hydrogen-bond donors (Lipinski definition) is 0. The van der Waals surface area contributed by atoms with Gasteiger partial charge in [-0.25, -0.2) is 0 Å². The zero-order valence-electron chi connectivity index (χ0n) is 16.9. The molecule has 1 saturated carbocycles. The second-order valence-corrected chi connectivity index (χ2v) is 9.18. The van der Waals surface area contributed by atoms with E-state index in [0.717, 1.165) is 27.4 Å². The maximum absolute atomic E-state index is 12.9. The van der Waals surface area contributed by atoms with Crippen LogP contribution >= 0.6 is 11.3 Å². The first kappa shape index (κ1) is 18.8. The Kier molecular flexibility index (Phi) is 4.56. The highest BCUT2D eigenvalue weighted by Crippen LogP contribution is 2.46. The summed E-state index contributed by atoms with van der Waals surface area (Å²) in [6, 6.07) is 14.5. The second-order valence-electron chi connectivity index (χ2n) is 8.17. The lowest BCUT2D eigenvalue weighted by molar-refractivity contribution is 0.421. The summed E-state index contributed by atoms with van der Waals surface area (Å²) >= 11 is 1.59. The molecule has 2 aliphatic carbocycles. The molecule has 5 rings (SSSR count). The van der Waals surface area contributed by atoms with Crippen LogP contribution in [0.15, 0.2) is 64.6 Å². The van der Waals surface area contributed by atoms with Gasteiger partial charge in [0.25, 0.3) is 5.56 Å². The number of aryl methyl sites for hydroxylation is 2. The SMILES string of the molecule is Cc1cc(C)n(N=c2sc(-c3ccccc3)cn2C2CC3C=CC2C3)c(=O)c1C#N. The third kappa shape index (κ3) is 3.06. The average Bonchev–Trinajstić information content (AvgIpc) is 3.47. The zero-order chi connectivity index (χ0) is 20.8. The lowest BCUT2D eigenvalue weighted by Crippen LogP contribution is -2.28. The maximum atomic E-state index is 12.9. The Morgan fingerprint density at radius 3 is 2.63 bits per heavy atom. The summed E-state index contributed by atoms with van der Waals surface area (Å²) < 4.78 is 3.63. The minimum atomic E-state index is -0.357. The fourth-order valence-electron chi connectivity index (χ4n) is 4.70. The van der Waals surface area contributed by atoms with Crippen molar-refractivity contribution in [3.63, 3.8) is 0 Å². The molecule has 0 N–H and O–H groups in total. The largest absolute Gasteiger partial charge is 0.318 e. The molecule has 1 aromatic carbocycles. The van der Waals surface area contributed by atoms with Crippen molar-refractivity contribution >= 4 is 11.3 Å². The van der Waals surface area contributed by atoms with E-state index in [1.807, 2.05) is 37.3 Å². The van der Waals surface area contributed by atoms with Gasteiger partial charge in [0, 0.05) is 17.9 Å². The van der Waals surface area contributed by atoms with E-state index in [2.05, 4.69) is 35.0 Å². The van der Waals surface area contributed by atoms with Crippen molar-refractivity contribution in [3.05, 3.63) is 86.7 Å². The fourth-order valence-corrected chi connectivity index (χ4v) is 5.74. The zero-order valence-corrected chi connectivity index (χ0v) is 17.8. The molecule has 6 heteroatoms. The number of hydrogen-bond acceptors (Lipinski definition) is 4. The number of thiazole rings is 1. The Morgan fingerprint density at radius 1 is 1.17 bits per heavy atom. The summed E-state index contributed by atoms with van der Waals surface area (Å²) in [5, 5.41) is 14.2. The van der Waals surface area contributed by atoms with Crippen LogP contribution in [0.1, 0.15) is 35.7 Å². The molecular weight excluding hydrogens is 392 g/mol. The Morgan fingerprint density at radius 2 is 1.97 bits per heavy atom. The van der Waals surface area contributed by atoms with E-state index in [-0.39, 0.29) is 11.1 Å². The molecule has 3 aromatic rings. The van der Waals surface area contributed by atoms with Crippen molar-refractivity contribution in [1.29, 1.82) is 5.26 Å². The summed E-state index contributed by atoms with van der Waals surface area (Å²) in [5.41, 5.74) is 2.35. The highest BCUT2D eigenvalue weighted by atomic mass is 32.1. The van der Waals surface area contributed by atoms with Crippen LogP contribution in [0.4, 0.5) is 0 Å². The van der Waals surface area contributed by atoms with E-state index in [1.165, 1.54) is 11.1 Å². The monoisotopic (exact) mass is 414 g/mol. The maximum Gasteiger partial charge on any atom is 0.289 e. The smallest absolute Gasteiger partial charge is 0.289 e. The highest BCUT2D eigenvalue weighted by Gasteiger charge is 2.37. The molecule has 1 fully saturated rings. The molecule has 0 aliphatic heterocycles. The van der Waals surface area contributed by atoms with Crippen LogP contribution in [0.2, 0.25) is 0 Å². The van der Waals surface area contributed by atoms with Gasteiger partial charge in [0.1, 0.15) is 11.6 Å². The summed E-state index contributed by atoms with van der Waals surface area (Å²) in [6.45, 7) is 3.65. The molecular formula is C24H22N4OS. The van der Waals surface area contributed by atoms with Crippen molar-refractivity contribution < 1.29 is 0 Å². The van der Waals surface area contributed by atoms with Crippen LogP contribution in [0.3, 0.4) is 0 Å². The molecule has 0 saturated heterocycles. The Bertz CT molecular complexity index is 1320. The van der Waals surface area contributed by atoms with Crippen molar-refractivity contribution in [2.45, 2.75) is 32.7 Å². The van der Waals surface area contributed by atoms with Crippen LogP contribution in [-0.2, 0) is 0 Å². The molecule has 0 radical (unpaired) electrons. The van der Waals surface area contributed by atoms with Gasteiger partial charge in [0.15, 0.2) is 0 Å². The fraction of sp³-hybridized carbons (Fsp3) is 0.292. The number of nitrogens with zero attached hydrogens (tertiary/aromatic N) is 4. The Labute approximate surface area is 178 Å². The van der Waals surface area contributed by atoms with Gasteiger partial charge >= 0.3 is 0 Å². The van der Waals surface area contributed by atoms with E-state index in [1.54, 1.807) is 18.3 Å². The summed E-state index contributed by atoms with van der Waals surface area (Å²) in [7, 11) is 0. The number of rotatable bonds is 3. The molecule has 2 heterocycles. The normalized spacial score (nSPS) is 22.6. The topological polar surface area (TPSA) is 63.1 Å². The third-order valence-electron chi connectivity index (χ3n) is 6.20. The summed E-state index contributed by atoms with van der Waals surface area (Å²) in [4.78, 5) is 14.8. The minimum Gasteiger partial charge on any atom is -0.318 e. The lowest BCUT2D eigenvalue weighted by Gasteiger charge is -2.20. The Hall–Kier alpha value is -3.17. The Balaban J connectivity index is 1.72. The van der Waals surface area contributed by atoms with E-state index in [4.69, 9.17) is 5.10 Å². The van der Waals surface area contributed by atoms with Crippen LogP contribution in [0.5, 0.6) is 0 Å². The molecule has 2 aliphatic rings. The first-order chi connectivity index (χ1) is 14.5. The molecule has 3 unspecified atom stereocenters. The van der Waals surface area contributed by atoms with Crippen molar-refractivity contribution in [2.75, 3.05) is 0 Å². The molecule has 0 amide bonds. The average molecular weight is 415 g/mol. The second kappa shape index (κ2) is 7.26. The molecule has 150 valence electrons. The molecule has 30 heavy (non-hydrogen) atoms. The number of pyridine rings is 1. The van der Waals surface area contributed by atoms with Crippen molar-refractivity contribution in [3.8, 4) is 16.5 Å². The van der Waals surface area contributed by atoms with E-state index >= 15 is 0 Å². The molecule has 5 nitrogen and oxygen atoms in total. The van der Waals surface area contributed by atoms with E-state index in [9.17, 15) is 10.1 Å². The third-order valence-corrected chi connectivity index (χ3v) is 7.23. The molecule has 3 atom stereocenters. The number of fused-ring (bicyclic) bond motifs is 2.